The van der Waals surface area contributed by atoms with Crippen molar-refractivity contribution in [2.45, 2.75) is 0 Å². The highest BCUT2D eigenvalue weighted by Gasteiger charge is 1.94. The van der Waals surface area contributed by atoms with E-state index in [2.05, 4.69) is 9.47 Å². The summed E-state index contributed by atoms with van der Waals surface area (Å²) in [5.41, 5.74) is 0. The molecule has 0 saturated carbocycles. The molecule has 0 aliphatic rings. The van der Waals surface area contributed by atoms with Crippen LogP contribution in [-0.2, 0) is 9.47 Å². The molecule has 0 saturated heterocycles. The molecule has 0 rings (SSSR count). The Bertz CT molecular complexity index is 111. The number of methoxy groups -OCH3 is 1. The number of hydrogen-bond acceptors (Lipinski definition) is 3. The lowest BCUT2D eigenvalue weighted by atomic mass is 10.8. The fourth-order valence-electron chi connectivity index (χ4n) is 0.154. The Hall–Kier alpha value is -1.17. The van der Waals surface area contributed by atoms with E-state index >= 15 is 0 Å². The molecule has 43 valence electrons. The molecular formula is C5H5O3. The van der Waals surface area contributed by atoms with E-state index in [9.17, 15) is 4.79 Å². The van der Waals surface area contributed by atoms with Gasteiger partial charge in [0.1, 0.15) is 0 Å². The number of carbonyl (C=O) groups excluding carboxylic acids is 1. The highest BCUT2D eigenvalue weighted by Crippen LogP contribution is 1.78. The molecule has 1 radical (unpaired) electrons. The Balaban J connectivity index is 3.15. The predicted molar refractivity (Wildman–Crippen MR) is 25.5 cm³/mol. The number of ether oxygens (including phenoxy) is 2. The Labute approximate surface area is 47.6 Å². The summed E-state index contributed by atoms with van der Waals surface area (Å²) in [7, 11) is 1.20. The molecule has 0 aliphatic heterocycles. The molecule has 3 nitrogen and oxygen atoms in total. The van der Waals surface area contributed by atoms with Crippen molar-refractivity contribution in [1.29, 1.82) is 0 Å². The van der Waals surface area contributed by atoms with E-state index < -0.39 is 6.16 Å². The summed E-state index contributed by atoms with van der Waals surface area (Å²) in [6.07, 6.45) is 5.50. The highest BCUT2D eigenvalue weighted by atomic mass is 16.7. The first-order valence-corrected chi connectivity index (χ1v) is 1.91. The predicted octanol–water partition coefficient (Wildman–Crippen LogP) is 0.359. The fourth-order valence-corrected chi connectivity index (χ4v) is 0.154. The maximum absolute atomic E-state index is 10.0. The monoisotopic (exact) mass is 113 g/mol. The minimum atomic E-state index is -0.787. The molecule has 0 aromatic rings. The van der Waals surface area contributed by atoms with Crippen molar-refractivity contribution in [3.8, 4) is 5.92 Å². The van der Waals surface area contributed by atoms with Crippen LogP contribution in [0.25, 0.3) is 0 Å². The summed E-state index contributed by atoms with van der Waals surface area (Å²) in [5, 5.41) is 0. The lowest BCUT2D eigenvalue weighted by molar-refractivity contribution is 0.0832. The largest absolute Gasteiger partial charge is 0.508 e. The number of carbonyl (C=O) groups is 1. The zero-order valence-corrected chi connectivity index (χ0v) is 4.43. The second kappa shape index (κ2) is 4.00. The second-order valence-electron chi connectivity index (χ2n) is 0.920. The summed E-state index contributed by atoms with van der Waals surface area (Å²) < 4.78 is 8.25. The third-order valence-corrected chi connectivity index (χ3v) is 0.429. The first-order valence-electron chi connectivity index (χ1n) is 1.91. The van der Waals surface area contributed by atoms with Crippen LogP contribution in [0.5, 0.6) is 0 Å². The minimum Gasteiger partial charge on any atom is -0.438 e. The van der Waals surface area contributed by atoms with Crippen molar-refractivity contribution in [2.75, 3.05) is 13.7 Å². The molecular weight excluding hydrogens is 108 g/mol. The molecule has 0 unspecified atom stereocenters. The average Bonchev–Trinajstić information content (AvgIpc) is 1.83. The van der Waals surface area contributed by atoms with E-state index in [1.54, 1.807) is 0 Å². The maximum atomic E-state index is 10.0. The Morgan fingerprint density at radius 2 is 2.50 bits per heavy atom. The van der Waals surface area contributed by atoms with Gasteiger partial charge in [-0.05, 0) is 12.3 Å². The van der Waals surface area contributed by atoms with Crippen molar-refractivity contribution >= 4 is 6.16 Å². The van der Waals surface area contributed by atoms with Gasteiger partial charge in [-0.25, -0.2) is 4.79 Å². The summed E-state index contributed by atoms with van der Waals surface area (Å²) in [6, 6.07) is 0. The van der Waals surface area contributed by atoms with E-state index in [1.165, 1.54) is 7.11 Å². The van der Waals surface area contributed by atoms with Gasteiger partial charge in [0.15, 0.2) is 6.61 Å². The third-order valence-electron chi connectivity index (χ3n) is 0.429. The normalized spacial score (nSPS) is 7.00. The summed E-state index contributed by atoms with van der Waals surface area (Å²) in [5.74, 6) is 1.86. The lowest BCUT2D eigenvalue weighted by Crippen LogP contribution is -2.03. The van der Waals surface area contributed by atoms with Gasteiger partial charge < -0.3 is 9.47 Å². The van der Waals surface area contributed by atoms with E-state index in [-0.39, 0.29) is 6.61 Å². The molecule has 0 bridgehead atoms. The van der Waals surface area contributed by atoms with Gasteiger partial charge in [0, 0.05) is 0 Å². The smallest absolute Gasteiger partial charge is 0.438 e. The molecule has 0 aromatic heterocycles. The first-order chi connectivity index (χ1) is 3.81. The van der Waals surface area contributed by atoms with E-state index in [0.29, 0.717) is 0 Å². The van der Waals surface area contributed by atoms with Crippen LogP contribution < -0.4 is 0 Å². The van der Waals surface area contributed by atoms with Gasteiger partial charge in [-0.15, -0.1) is 0 Å². The molecule has 0 atom stereocenters. The zero-order valence-electron chi connectivity index (χ0n) is 4.43. The van der Waals surface area contributed by atoms with Crippen LogP contribution in [0.2, 0.25) is 0 Å². The molecule has 0 N–H and O–H groups in total. The fraction of sp³-hybridized carbons (Fsp3) is 0.400. The maximum Gasteiger partial charge on any atom is 0.508 e. The number of rotatable bonds is 1. The SMILES string of the molecule is [C]#CCOC(=O)OC. The van der Waals surface area contributed by atoms with Gasteiger partial charge in [0.2, 0.25) is 0 Å². The Kier molecular flexibility index (Phi) is 3.42. The van der Waals surface area contributed by atoms with Gasteiger partial charge in [-0.1, -0.05) is 0 Å². The topological polar surface area (TPSA) is 35.5 Å². The molecule has 0 aliphatic carbocycles. The van der Waals surface area contributed by atoms with Crippen molar-refractivity contribution < 1.29 is 14.3 Å². The molecule has 0 amide bonds. The quantitative estimate of drug-likeness (QED) is 0.364. The van der Waals surface area contributed by atoms with Gasteiger partial charge in [0.05, 0.1) is 7.11 Å². The van der Waals surface area contributed by atoms with Gasteiger partial charge in [0.25, 0.3) is 0 Å². The molecule has 0 heterocycles. The molecule has 0 aromatic carbocycles. The Morgan fingerprint density at radius 1 is 1.88 bits per heavy atom. The molecule has 3 heteroatoms. The number of hydrogen-bond donors (Lipinski definition) is 0. The molecule has 0 spiro atoms. The second-order valence-corrected chi connectivity index (χ2v) is 0.920. The third kappa shape index (κ3) is 3.04. The molecule has 8 heavy (non-hydrogen) atoms. The van der Waals surface area contributed by atoms with Crippen LogP contribution in [0.4, 0.5) is 4.79 Å². The van der Waals surface area contributed by atoms with E-state index in [1.807, 2.05) is 5.92 Å². The van der Waals surface area contributed by atoms with Crippen LogP contribution in [0, 0.1) is 12.3 Å². The van der Waals surface area contributed by atoms with Crippen LogP contribution >= 0.6 is 0 Å². The van der Waals surface area contributed by atoms with Gasteiger partial charge in [-0.2, -0.15) is 0 Å². The average molecular weight is 113 g/mol. The highest BCUT2D eigenvalue weighted by molar-refractivity contribution is 5.59. The van der Waals surface area contributed by atoms with Gasteiger partial charge in [-0.3, -0.25) is 0 Å². The van der Waals surface area contributed by atoms with Crippen molar-refractivity contribution in [3.63, 3.8) is 0 Å². The van der Waals surface area contributed by atoms with Crippen LogP contribution in [0.15, 0.2) is 0 Å². The standard InChI is InChI=1S/C5H5O3/c1-3-4-8-5(6)7-2/h4H2,2H3. The zero-order chi connectivity index (χ0) is 6.41. The lowest BCUT2D eigenvalue weighted by Gasteiger charge is -1.94. The van der Waals surface area contributed by atoms with E-state index in [0.717, 1.165) is 0 Å². The summed E-state index contributed by atoms with van der Waals surface area (Å²) in [4.78, 5) is 10.0. The van der Waals surface area contributed by atoms with Crippen molar-refractivity contribution in [3.05, 3.63) is 6.42 Å². The van der Waals surface area contributed by atoms with Crippen molar-refractivity contribution in [1.82, 2.24) is 0 Å². The van der Waals surface area contributed by atoms with Crippen LogP contribution in [0.1, 0.15) is 0 Å². The van der Waals surface area contributed by atoms with Crippen LogP contribution in [0.3, 0.4) is 0 Å². The van der Waals surface area contributed by atoms with Gasteiger partial charge >= 0.3 is 6.16 Å². The Morgan fingerprint density at radius 3 is 2.88 bits per heavy atom. The minimum absolute atomic E-state index is 0.146. The van der Waals surface area contributed by atoms with E-state index in [4.69, 9.17) is 6.42 Å². The van der Waals surface area contributed by atoms with Crippen LogP contribution in [-0.4, -0.2) is 19.9 Å². The first kappa shape index (κ1) is 6.83. The van der Waals surface area contributed by atoms with Crippen molar-refractivity contribution in [2.24, 2.45) is 0 Å². The summed E-state index contributed by atoms with van der Waals surface area (Å²) in [6.45, 7) is -0.146. The summed E-state index contributed by atoms with van der Waals surface area (Å²) >= 11 is 0. The molecule has 0 fully saturated rings.